The minimum absolute atomic E-state index is 0.260. The molecule has 0 atom stereocenters. The Morgan fingerprint density at radius 1 is 1.21 bits per heavy atom. The van der Waals surface area contributed by atoms with E-state index in [1.165, 1.54) is 11.3 Å². The predicted molar refractivity (Wildman–Crippen MR) is 71.6 cm³/mol. The van der Waals surface area contributed by atoms with Gasteiger partial charge in [0.2, 0.25) is 10.9 Å². The third-order valence-corrected chi connectivity index (χ3v) is 3.14. The van der Waals surface area contributed by atoms with Crippen molar-refractivity contribution in [2.45, 2.75) is 6.61 Å². The standard InChI is InChI=1S/C11H14N4O3S/c1-16-7-4-3-5-8(17-2)10(7)18-6-9-14-15-11(13-12)19-9/h3-5H,6,12H2,1-2H3,(H,13,15). The fourth-order valence-corrected chi connectivity index (χ4v) is 2.03. The molecule has 0 saturated carbocycles. The number of nitrogens with one attached hydrogen (secondary N) is 1. The van der Waals surface area contributed by atoms with E-state index in [0.717, 1.165) is 0 Å². The monoisotopic (exact) mass is 282 g/mol. The van der Waals surface area contributed by atoms with Crippen molar-refractivity contribution in [2.75, 3.05) is 19.6 Å². The molecule has 8 heteroatoms. The number of nitrogen functional groups attached to an aromatic ring is 1. The Bertz CT molecular complexity index is 524. The van der Waals surface area contributed by atoms with Crippen molar-refractivity contribution in [1.82, 2.24) is 10.2 Å². The van der Waals surface area contributed by atoms with Gasteiger partial charge in [0.05, 0.1) is 14.2 Å². The van der Waals surface area contributed by atoms with E-state index < -0.39 is 0 Å². The summed E-state index contributed by atoms with van der Waals surface area (Å²) in [7, 11) is 3.14. The first kappa shape index (κ1) is 13.4. The van der Waals surface area contributed by atoms with Crippen LogP contribution in [0.1, 0.15) is 5.01 Å². The van der Waals surface area contributed by atoms with Gasteiger partial charge in [-0.3, -0.25) is 5.43 Å². The lowest BCUT2D eigenvalue weighted by molar-refractivity contribution is 0.265. The van der Waals surface area contributed by atoms with Gasteiger partial charge < -0.3 is 14.2 Å². The summed E-state index contributed by atoms with van der Waals surface area (Å²) in [4.78, 5) is 0. The molecule has 2 aromatic rings. The molecule has 19 heavy (non-hydrogen) atoms. The second kappa shape index (κ2) is 6.21. The molecule has 2 rings (SSSR count). The van der Waals surface area contributed by atoms with E-state index in [0.29, 0.717) is 27.4 Å². The number of anilines is 1. The molecular formula is C11H14N4O3S. The Morgan fingerprint density at radius 3 is 2.42 bits per heavy atom. The number of methoxy groups -OCH3 is 2. The van der Waals surface area contributed by atoms with Crippen LogP contribution in [-0.4, -0.2) is 24.4 Å². The van der Waals surface area contributed by atoms with Gasteiger partial charge in [0, 0.05) is 0 Å². The van der Waals surface area contributed by atoms with Crippen LogP contribution in [0.2, 0.25) is 0 Å². The van der Waals surface area contributed by atoms with E-state index in [9.17, 15) is 0 Å². The topological polar surface area (TPSA) is 91.5 Å². The molecule has 102 valence electrons. The number of hydrazine groups is 1. The fraction of sp³-hybridized carbons (Fsp3) is 0.273. The highest BCUT2D eigenvalue weighted by Crippen LogP contribution is 2.37. The minimum Gasteiger partial charge on any atom is -0.493 e. The summed E-state index contributed by atoms with van der Waals surface area (Å²) in [5.74, 6) is 6.97. The van der Waals surface area contributed by atoms with Crippen LogP contribution in [0.5, 0.6) is 17.2 Å². The molecule has 0 radical (unpaired) electrons. The zero-order valence-electron chi connectivity index (χ0n) is 10.5. The first-order chi connectivity index (χ1) is 9.28. The number of benzene rings is 1. The number of nitrogens with two attached hydrogens (primary N) is 1. The first-order valence-electron chi connectivity index (χ1n) is 5.41. The van der Waals surface area contributed by atoms with Crippen LogP contribution in [0.15, 0.2) is 18.2 Å². The van der Waals surface area contributed by atoms with Crippen molar-refractivity contribution in [1.29, 1.82) is 0 Å². The molecule has 0 aliphatic carbocycles. The average molecular weight is 282 g/mol. The molecule has 0 fully saturated rings. The van der Waals surface area contributed by atoms with E-state index in [4.69, 9.17) is 20.1 Å². The largest absolute Gasteiger partial charge is 0.493 e. The second-order valence-electron chi connectivity index (χ2n) is 3.43. The molecule has 0 amide bonds. The van der Waals surface area contributed by atoms with Crippen molar-refractivity contribution in [3.8, 4) is 17.2 Å². The van der Waals surface area contributed by atoms with Gasteiger partial charge in [0.15, 0.2) is 16.5 Å². The Hall–Kier alpha value is -2.06. The van der Waals surface area contributed by atoms with Gasteiger partial charge in [-0.1, -0.05) is 17.4 Å². The average Bonchev–Trinajstić information content (AvgIpc) is 2.92. The zero-order chi connectivity index (χ0) is 13.7. The summed E-state index contributed by atoms with van der Waals surface area (Å²) < 4.78 is 16.1. The lowest BCUT2D eigenvalue weighted by atomic mass is 10.3. The van der Waals surface area contributed by atoms with Gasteiger partial charge in [-0.2, -0.15) is 0 Å². The smallest absolute Gasteiger partial charge is 0.219 e. The lowest BCUT2D eigenvalue weighted by Crippen LogP contribution is -2.05. The molecular weight excluding hydrogens is 268 g/mol. The molecule has 1 heterocycles. The van der Waals surface area contributed by atoms with E-state index in [-0.39, 0.29) is 6.61 Å². The van der Waals surface area contributed by atoms with Crippen LogP contribution in [-0.2, 0) is 6.61 Å². The predicted octanol–water partition coefficient (Wildman–Crippen LogP) is 1.42. The minimum atomic E-state index is 0.260. The molecule has 1 aromatic carbocycles. The molecule has 0 aliphatic rings. The van der Waals surface area contributed by atoms with Crippen LogP contribution in [0.25, 0.3) is 0 Å². The number of hydrogen-bond donors (Lipinski definition) is 2. The normalized spacial score (nSPS) is 10.1. The van der Waals surface area contributed by atoms with Crippen LogP contribution in [0.3, 0.4) is 0 Å². The number of aromatic nitrogens is 2. The van der Waals surface area contributed by atoms with Crippen molar-refractivity contribution in [2.24, 2.45) is 5.84 Å². The van der Waals surface area contributed by atoms with E-state index in [1.807, 2.05) is 6.07 Å². The Labute approximate surface area is 114 Å². The van der Waals surface area contributed by atoms with E-state index in [2.05, 4.69) is 15.6 Å². The zero-order valence-corrected chi connectivity index (χ0v) is 11.4. The van der Waals surface area contributed by atoms with Gasteiger partial charge in [0.25, 0.3) is 0 Å². The SMILES string of the molecule is COc1cccc(OC)c1OCc1nnc(NN)s1. The Morgan fingerprint density at radius 2 is 1.89 bits per heavy atom. The molecule has 0 bridgehead atoms. The molecule has 0 aliphatic heterocycles. The molecule has 7 nitrogen and oxygen atoms in total. The van der Waals surface area contributed by atoms with Crippen LogP contribution in [0, 0.1) is 0 Å². The number of rotatable bonds is 6. The summed E-state index contributed by atoms with van der Waals surface area (Å²) >= 11 is 1.31. The maximum Gasteiger partial charge on any atom is 0.219 e. The molecule has 0 saturated heterocycles. The van der Waals surface area contributed by atoms with E-state index >= 15 is 0 Å². The summed E-state index contributed by atoms with van der Waals surface area (Å²) in [5.41, 5.74) is 2.43. The second-order valence-corrected chi connectivity index (χ2v) is 4.49. The third kappa shape index (κ3) is 3.04. The quantitative estimate of drug-likeness (QED) is 0.611. The van der Waals surface area contributed by atoms with Crippen molar-refractivity contribution in [3.05, 3.63) is 23.2 Å². The van der Waals surface area contributed by atoms with Gasteiger partial charge in [-0.15, -0.1) is 10.2 Å². The Balaban J connectivity index is 2.13. The fourth-order valence-electron chi connectivity index (χ4n) is 1.46. The van der Waals surface area contributed by atoms with Crippen LogP contribution in [0.4, 0.5) is 5.13 Å². The maximum absolute atomic E-state index is 5.68. The molecule has 1 aromatic heterocycles. The van der Waals surface area contributed by atoms with Crippen molar-refractivity contribution in [3.63, 3.8) is 0 Å². The summed E-state index contributed by atoms with van der Waals surface area (Å²) in [6.07, 6.45) is 0. The number of para-hydroxylation sites is 1. The Kier molecular flexibility index (Phi) is 4.37. The molecule has 3 N–H and O–H groups in total. The maximum atomic E-state index is 5.68. The van der Waals surface area contributed by atoms with Gasteiger partial charge in [0.1, 0.15) is 6.61 Å². The summed E-state index contributed by atoms with van der Waals surface area (Å²) in [6.45, 7) is 0.260. The number of nitrogens with zero attached hydrogens (tertiary/aromatic N) is 2. The van der Waals surface area contributed by atoms with Crippen LogP contribution < -0.4 is 25.5 Å². The molecule has 0 spiro atoms. The van der Waals surface area contributed by atoms with Gasteiger partial charge in [-0.25, -0.2) is 5.84 Å². The lowest BCUT2D eigenvalue weighted by Gasteiger charge is -2.12. The summed E-state index contributed by atoms with van der Waals surface area (Å²) in [5, 5.41) is 8.98. The third-order valence-electron chi connectivity index (χ3n) is 2.31. The molecule has 0 unspecified atom stereocenters. The van der Waals surface area contributed by atoms with Crippen molar-refractivity contribution < 1.29 is 14.2 Å². The highest BCUT2D eigenvalue weighted by atomic mass is 32.1. The highest BCUT2D eigenvalue weighted by Gasteiger charge is 2.12. The van der Waals surface area contributed by atoms with E-state index in [1.54, 1.807) is 26.4 Å². The van der Waals surface area contributed by atoms with Crippen LogP contribution >= 0.6 is 11.3 Å². The van der Waals surface area contributed by atoms with Gasteiger partial charge >= 0.3 is 0 Å². The van der Waals surface area contributed by atoms with Crippen molar-refractivity contribution >= 4 is 16.5 Å². The first-order valence-corrected chi connectivity index (χ1v) is 6.23. The number of ether oxygens (including phenoxy) is 3. The highest BCUT2D eigenvalue weighted by molar-refractivity contribution is 7.15. The van der Waals surface area contributed by atoms with Gasteiger partial charge in [-0.05, 0) is 12.1 Å². The number of hydrogen-bond acceptors (Lipinski definition) is 8. The summed E-state index contributed by atoms with van der Waals surface area (Å²) in [6, 6.07) is 5.42.